The molecule has 0 radical (unpaired) electrons. The number of thioether (sulfide) groups is 1. The average molecular weight is 264 g/mol. The normalized spacial score (nSPS) is 23.8. The smallest absolute Gasteiger partial charge is 0.0230 e. The van der Waals surface area contributed by atoms with Gasteiger partial charge in [0.1, 0.15) is 0 Å². The fourth-order valence-electron chi connectivity index (χ4n) is 2.47. The average Bonchev–Trinajstić information content (AvgIpc) is 2.73. The standard InChI is InChI=1S/C15H24N2S/c1-12-15(8-9-18-12)16-10-13-6-4-5-7-14(13)11-17(2)3/h4-7,12,15-16H,8-11H2,1-3H3. The zero-order valence-electron chi connectivity index (χ0n) is 11.6. The molecule has 0 amide bonds. The molecule has 1 N–H and O–H groups in total. The van der Waals surface area contributed by atoms with Crippen molar-refractivity contribution >= 4 is 11.8 Å². The van der Waals surface area contributed by atoms with Crippen molar-refractivity contribution in [1.29, 1.82) is 0 Å². The van der Waals surface area contributed by atoms with Gasteiger partial charge in [0.05, 0.1) is 0 Å². The minimum Gasteiger partial charge on any atom is -0.309 e. The van der Waals surface area contributed by atoms with Crippen LogP contribution in [-0.4, -0.2) is 36.0 Å². The first-order valence-electron chi connectivity index (χ1n) is 6.73. The Balaban J connectivity index is 1.95. The highest BCUT2D eigenvalue weighted by atomic mass is 32.2. The predicted molar refractivity (Wildman–Crippen MR) is 81.0 cm³/mol. The summed E-state index contributed by atoms with van der Waals surface area (Å²) in [6.45, 7) is 4.35. The van der Waals surface area contributed by atoms with Crippen molar-refractivity contribution in [3.63, 3.8) is 0 Å². The van der Waals surface area contributed by atoms with Crippen LogP contribution in [0.15, 0.2) is 24.3 Å². The van der Waals surface area contributed by atoms with E-state index in [1.54, 1.807) is 0 Å². The van der Waals surface area contributed by atoms with E-state index in [2.05, 4.69) is 67.3 Å². The van der Waals surface area contributed by atoms with E-state index in [0.717, 1.165) is 18.3 Å². The number of hydrogen-bond acceptors (Lipinski definition) is 3. The molecule has 1 fully saturated rings. The van der Waals surface area contributed by atoms with Crippen molar-refractivity contribution in [3.8, 4) is 0 Å². The molecule has 2 rings (SSSR count). The van der Waals surface area contributed by atoms with E-state index in [-0.39, 0.29) is 0 Å². The van der Waals surface area contributed by atoms with Crippen LogP contribution < -0.4 is 5.32 Å². The van der Waals surface area contributed by atoms with E-state index in [1.807, 2.05) is 0 Å². The molecule has 2 nitrogen and oxygen atoms in total. The number of nitrogens with one attached hydrogen (secondary N) is 1. The Morgan fingerprint density at radius 1 is 1.28 bits per heavy atom. The number of benzene rings is 1. The first-order valence-corrected chi connectivity index (χ1v) is 7.78. The Morgan fingerprint density at radius 3 is 2.61 bits per heavy atom. The Morgan fingerprint density at radius 2 is 2.00 bits per heavy atom. The molecular formula is C15H24N2S. The lowest BCUT2D eigenvalue weighted by atomic mass is 10.1. The second-order valence-electron chi connectivity index (χ2n) is 5.36. The lowest BCUT2D eigenvalue weighted by Crippen LogP contribution is -2.33. The van der Waals surface area contributed by atoms with Crippen LogP contribution >= 0.6 is 11.8 Å². The van der Waals surface area contributed by atoms with Crippen LogP contribution in [0.4, 0.5) is 0 Å². The molecule has 0 saturated carbocycles. The van der Waals surface area contributed by atoms with Crippen molar-refractivity contribution in [2.45, 2.75) is 37.7 Å². The van der Waals surface area contributed by atoms with Gasteiger partial charge in [-0.05, 0) is 37.4 Å². The van der Waals surface area contributed by atoms with E-state index < -0.39 is 0 Å². The molecule has 2 atom stereocenters. The number of nitrogens with zero attached hydrogens (tertiary/aromatic N) is 1. The van der Waals surface area contributed by atoms with Crippen molar-refractivity contribution in [2.75, 3.05) is 19.8 Å². The van der Waals surface area contributed by atoms with Gasteiger partial charge in [-0.15, -0.1) is 0 Å². The summed E-state index contributed by atoms with van der Waals surface area (Å²) in [5.41, 5.74) is 2.88. The molecule has 18 heavy (non-hydrogen) atoms. The predicted octanol–water partition coefficient (Wildman–Crippen LogP) is 2.73. The fraction of sp³-hybridized carbons (Fsp3) is 0.600. The number of rotatable bonds is 5. The third-order valence-corrected chi connectivity index (χ3v) is 4.86. The van der Waals surface area contributed by atoms with Crippen LogP contribution in [0.5, 0.6) is 0 Å². The van der Waals surface area contributed by atoms with Crippen molar-refractivity contribution in [2.24, 2.45) is 0 Å². The number of hydrogen-bond donors (Lipinski definition) is 1. The molecule has 3 heteroatoms. The summed E-state index contributed by atoms with van der Waals surface area (Å²) in [5.74, 6) is 1.30. The van der Waals surface area contributed by atoms with Gasteiger partial charge >= 0.3 is 0 Å². The maximum absolute atomic E-state index is 3.72. The fourth-order valence-corrected chi connectivity index (χ4v) is 3.69. The molecule has 1 saturated heterocycles. The molecular weight excluding hydrogens is 240 g/mol. The molecule has 100 valence electrons. The summed E-state index contributed by atoms with van der Waals surface area (Å²) in [6, 6.07) is 9.45. The molecule has 0 aromatic heterocycles. The summed E-state index contributed by atoms with van der Waals surface area (Å²) in [7, 11) is 4.25. The van der Waals surface area contributed by atoms with Crippen LogP contribution in [-0.2, 0) is 13.1 Å². The zero-order valence-corrected chi connectivity index (χ0v) is 12.5. The highest BCUT2D eigenvalue weighted by Crippen LogP contribution is 2.26. The van der Waals surface area contributed by atoms with E-state index >= 15 is 0 Å². The minimum absolute atomic E-state index is 0.683. The van der Waals surface area contributed by atoms with Crippen molar-refractivity contribution < 1.29 is 0 Å². The molecule has 0 spiro atoms. The molecule has 0 aliphatic carbocycles. The van der Waals surface area contributed by atoms with Crippen molar-refractivity contribution in [1.82, 2.24) is 10.2 Å². The Bertz CT molecular complexity index is 379. The molecule has 1 aliphatic heterocycles. The lowest BCUT2D eigenvalue weighted by molar-refractivity contribution is 0.399. The monoisotopic (exact) mass is 264 g/mol. The van der Waals surface area contributed by atoms with Gasteiger partial charge in [0.2, 0.25) is 0 Å². The lowest BCUT2D eigenvalue weighted by Gasteiger charge is -2.19. The topological polar surface area (TPSA) is 15.3 Å². The van der Waals surface area contributed by atoms with Crippen LogP contribution in [0.25, 0.3) is 0 Å². The van der Waals surface area contributed by atoms with Crippen molar-refractivity contribution in [3.05, 3.63) is 35.4 Å². The first kappa shape index (κ1) is 13.9. The van der Waals surface area contributed by atoms with Gasteiger partial charge in [-0.2, -0.15) is 11.8 Å². The van der Waals surface area contributed by atoms with Crippen LogP contribution in [0.1, 0.15) is 24.5 Å². The summed E-state index contributed by atoms with van der Waals surface area (Å²) in [4.78, 5) is 2.23. The molecule has 1 heterocycles. The van der Waals surface area contributed by atoms with Gasteiger partial charge in [-0.3, -0.25) is 0 Å². The third kappa shape index (κ3) is 3.74. The summed E-state index contributed by atoms with van der Waals surface area (Å²) in [5, 5.41) is 4.48. The summed E-state index contributed by atoms with van der Waals surface area (Å²) in [6.07, 6.45) is 1.31. The highest BCUT2D eigenvalue weighted by molar-refractivity contribution is 8.00. The quantitative estimate of drug-likeness (QED) is 0.880. The molecule has 0 bridgehead atoms. The first-order chi connectivity index (χ1) is 8.66. The second kappa shape index (κ2) is 6.60. The largest absolute Gasteiger partial charge is 0.309 e. The SMILES string of the molecule is CC1SCCC1NCc1ccccc1CN(C)C. The van der Waals surface area contributed by atoms with E-state index in [9.17, 15) is 0 Å². The summed E-state index contributed by atoms with van der Waals surface area (Å²) < 4.78 is 0. The van der Waals surface area contributed by atoms with Crippen LogP contribution in [0, 0.1) is 0 Å². The van der Waals surface area contributed by atoms with Gasteiger partial charge in [-0.25, -0.2) is 0 Å². The van der Waals surface area contributed by atoms with Crippen LogP contribution in [0.2, 0.25) is 0 Å². The van der Waals surface area contributed by atoms with E-state index in [4.69, 9.17) is 0 Å². The highest BCUT2D eigenvalue weighted by Gasteiger charge is 2.23. The molecule has 2 unspecified atom stereocenters. The zero-order chi connectivity index (χ0) is 13.0. The van der Waals surface area contributed by atoms with Gasteiger partial charge < -0.3 is 10.2 Å². The Kier molecular flexibility index (Phi) is 5.10. The maximum Gasteiger partial charge on any atom is 0.0230 e. The summed E-state index contributed by atoms with van der Waals surface area (Å²) >= 11 is 2.08. The van der Waals surface area contributed by atoms with E-state index in [1.165, 1.54) is 23.3 Å². The molecule has 1 aromatic carbocycles. The van der Waals surface area contributed by atoms with Gasteiger partial charge in [0, 0.05) is 24.4 Å². The van der Waals surface area contributed by atoms with Gasteiger partial charge in [0.15, 0.2) is 0 Å². The van der Waals surface area contributed by atoms with Gasteiger partial charge in [0.25, 0.3) is 0 Å². The van der Waals surface area contributed by atoms with Crippen LogP contribution in [0.3, 0.4) is 0 Å². The Hall–Kier alpha value is -0.510. The Labute approximate surface area is 115 Å². The van der Waals surface area contributed by atoms with Gasteiger partial charge in [-0.1, -0.05) is 31.2 Å². The maximum atomic E-state index is 3.72. The molecule has 1 aliphatic rings. The minimum atomic E-state index is 0.683. The van der Waals surface area contributed by atoms with E-state index in [0.29, 0.717) is 6.04 Å². The molecule has 1 aromatic rings. The second-order valence-corrected chi connectivity index (χ2v) is 6.84. The third-order valence-electron chi connectivity index (χ3n) is 3.54.